The van der Waals surface area contributed by atoms with Crippen LogP contribution in [0.2, 0.25) is 0 Å². The monoisotopic (exact) mass is 325 g/mol. The van der Waals surface area contributed by atoms with Crippen LogP contribution in [0.5, 0.6) is 0 Å². The molecule has 0 saturated carbocycles. The van der Waals surface area contributed by atoms with Gasteiger partial charge in [0.15, 0.2) is 6.61 Å². The molecule has 0 saturated heterocycles. The first-order valence-corrected chi connectivity index (χ1v) is 7.24. The molecule has 126 valence electrons. The predicted molar refractivity (Wildman–Crippen MR) is 79.3 cm³/mol. The average molecular weight is 325 g/mol. The van der Waals surface area contributed by atoms with Crippen molar-refractivity contribution >= 4 is 11.9 Å². The van der Waals surface area contributed by atoms with E-state index in [0.717, 1.165) is 19.3 Å². The molecule has 0 amide bonds. The topological polar surface area (TPSA) is 116 Å². The van der Waals surface area contributed by atoms with Gasteiger partial charge in [-0.2, -0.15) is 0 Å². The number of carboxylic acids is 1. The van der Waals surface area contributed by atoms with Crippen LogP contribution in [0.15, 0.2) is 24.3 Å². The van der Waals surface area contributed by atoms with Gasteiger partial charge in [0.25, 0.3) is 5.09 Å². The quantitative estimate of drug-likeness (QED) is 0.304. The number of ether oxygens (including phenoxy) is 1. The van der Waals surface area contributed by atoms with Gasteiger partial charge in [0.05, 0.1) is 5.56 Å². The lowest BCUT2D eigenvalue weighted by molar-refractivity contribution is -0.754. The second-order valence-corrected chi connectivity index (χ2v) is 4.86. The number of nitrogens with zero attached hydrogens (tertiary/aromatic N) is 1. The number of benzene rings is 1. The molecule has 0 aliphatic heterocycles. The highest BCUT2D eigenvalue weighted by Gasteiger charge is 2.22. The normalized spacial score (nSPS) is 11.5. The lowest BCUT2D eigenvalue weighted by Crippen LogP contribution is -2.20. The second-order valence-electron chi connectivity index (χ2n) is 4.86. The third-order valence-electron chi connectivity index (χ3n) is 3.17. The molecular weight excluding hydrogens is 306 g/mol. The summed E-state index contributed by atoms with van der Waals surface area (Å²) in [5, 5.41) is 18.3. The number of hydrogen-bond donors (Lipinski definition) is 1. The van der Waals surface area contributed by atoms with Gasteiger partial charge in [0.2, 0.25) is 0 Å². The van der Waals surface area contributed by atoms with Crippen molar-refractivity contribution in [1.29, 1.82) is 0 Å². The van der Waals surface area contributed by atoms with Gasteiger partial charge >= 0.3 is 11.9 Å². The van der Waals surface area contributed by atoms with E-state index < -0.39 is 29.7 Å². The van der Waals surface area contributed by atoms with Gasteiger partial charge in [0, 0.05) is 5.56 Å². The summed E-state index contributed by atoms with van der Waals surface area (Å²) in [6.45, 7) is 1.18. The van der Waals surface area contributed by atoms with E-state index in [1.165, 1.54) is 6.07 Å². The first kappa shape index (κ1) is 18.4. The molecule has 1 unspecified atom stereocenters. The number of rotatable bonds is 10. The number of unbranched alkanes of at least 4 members (excludes halogenated alkanes) is 2. The summed E-state index contributed by atoms with van der Waals surface area (Å²) in [7, 11) is 0. The number of hydrogen-bond acceptors (Lipinski definition) is 6. The Balaban J connectivity index is 2.89. The lowest BCUT2D eigenvalue weighted by atomic mass is 9.98. The van der Waals surface area contributed by atoms with Crippen LogP contribution in [0, 0.1) is 10.1 Å². The maximum absolute atomic E-state index is 11.6. The fourth-order valence-electron chi connectivity index (χ4n) is 2.13. The Kier molecular flexibility index (Phi) is 7.52. The Hall–Kier alpha value is -2.64. The van der Waals surface area contributed by atoms with E-state index in [4.69, 9.17) is 4.74 Å². The number of carbonyl (C=O) groups excluding carboxylic acids is 1. The molecule has 0 aliphatic carbocycles. The number of aromatic carboxylic acids is 1. The lowest BCUT2D eigenvalue weighted by Gasteiger charge is -2.19. The van der Waals surface area contributed by atoms with Crippen molar-refractivity contribution < 1.29 is 29.4 Å². The molecule has 0 aromatic heterocycles. The van der Waals surface area contributed by atoms with Crippen LogP contribution in [0.4, 0.5) is 0 Å². The molecule has 8 heteroatoms. The van der Waals surface area contributed by atoms with Gasteiger partial charge in [-0.05, 0) is 18.9 Å². The zero-order valence-electron chi connectivity index (χ0n) is 12.8. The largest absolute Gasteiger partial charge is 0.478 e. The van der Waals surface area contributed by atoms with E-state index in [2.05, 4.69) is 4.84 Å². The van der Waals surface area contributed by atoms with Crippen LogP contribution in [-0.4, -0.2) is 28.7 Å². The van der Waals surface area contributed by atoms with Gasteiger partial charge in [-0.15, -0.1) is 10.1 Å². The van der Waals surface area contributed by atoms with Gasteiger partial charge < -0.3 is 14.7 Å². The number of esters is 1. The van der Waals surface area contributed by atoms with E-state index in [-0.39, 0.29) is 5.56 Å². The minimum atomic E-state index is -1.13. The van der Waals surface area contributed by atoms with Crippen molar-refractivity contribution in [2.24, 2.45) is 0 Å². The summed E-state index contributed by atoms with van der Waals surface area (Å²) < 4.78 is 5.19. The molecule has 23 heavy (non-hydrogen) atoms. The van der Waals surface area contributed by atoms with E-state index in [1.54, 1.807) is 18.2 Å². The van der Waals surface area contributed by atoms with Gasteiger partial charge in [0.1, 0.15) is 6.10 Å². The Labute approximate surface area is 133 Å². The molecule has 1 N–H and O–H groups in total. The molecule has 0 spiro atoms. The maximum atomic E-state index is 11.6. The minimum absolute atomic E-state index is 0.0389. The summed E-state index contributed by atoms with van der Waals surface area (Å²) in [5.74, 6) is -2.04. The van der Waals surface area contributed by atoms with E-state index in [9.17, 15) is 24.8 Å². The molecule has 0 radical (unpaired) electrons. The van der Waals surface area contributed by atoms with Crippen LogP contribution < -0.4 is 0 Å². The summed E-state index contributed by atoms with van der Waals surface area (Å²) in [4.78, 5) is 37.0. The number of carbonyl (C=O) groups is 2. The Morgan fingerprint density at radius 1 is 1.30 bits per heavy atom. The van der Waals surface area contributed by atoms with Gasteiger partial charge in [-0.3, -0.25) is 0 Å². The Bertz CT molecular complexity index is 559. The summed E-state index contributed by atoms with van der Waals surface area (Å²) in [6, 6.07) is 6.22. The molecule has 1 aromatic rings. The SMILES string of the molecule is CCCCCC(OC(=O)CO[N+](=O)[O-])c1ccccc1C(=O)O. The average Bonchev–Trinajstić information content (AvgIpc) is 2.52. The highest BCUT2D eigenvalue weighted by molar-refractivity contribution is 5.89. The minimum Gasteiger partial charge on any atom is -0.478 e. The molecule has 8 nitrogen and oxygen atoms in total. The Morgan fingerprint density at radius 2 is 2.00 bits per heavy atom. The van der Waals surface area contributed by atoms with Crippen LogP contribution >= 0.6 is 0 Å². The molecule has 1 rings (SSSR count). The van der Waals surface area contributed by atoms with E-state index >= 15 is 0 Å². The summed E-state index contributed by atoms with van der Waals surface area (Å²) >= 11 is 0. The molecule has 0 bridgehead atoms. The Morgan fingerprint density at radius 3 is 2.61 bits per heavy atom. The van der Waals surface area contributed by atoms with Crippen LogP contribution in [-0.2, 0) is 14.4 Å². The zero-order chi connectivity index (χ0) is 17.2. The molecule has 0 aliphatic rings. The first-order valence-electron chi connectivity index (χ1n) is 7.24. The zero-order valence-corrected chi connectivity index (χ0v) is 12.8. The molecule has 1 aromatic carbocycles. The van der Waals surface area contributed by atoms with Crippen molar-refractivity contribution in [3.8, 4) is 0 Å². The van der Waals surface area contributed by atoms with Crippen LogP contribution in [0.3, 0.4) is 0 Å². The smallest absolute Gasteiger partial charge is 0.336 e. The third kappa shape index (κ3) is 6.33. The highest BCUT2D eigenvalue weighted by atomic mass is 17.0. The first-order chi connectivity index (χ1) is 11.0. The third-order valence-corrected chi connectivity index (χ3v) is 3.17. The fraction of sp³-hybridized carbons (Fsp3) is 0.467. The molecule has 0 fully saturated rings. The second kappa shape index (κ2) is 9.39. The van der Waals surface area contributed by atoms with Gasteiger partial charge in [-0.1, -0.05) is 38.0 Å². The van der Waals surface area contributed by atoms with Gasteiger partial charge in [-0.25, -0.2) is 9.59 Å². The molecule has 1 atom stereocenters. The van der Waals surface area contributed by atoms with Crippen LogP contribution in [0.1, 0.15) is 54.6 Å². The van der Waals surface area contributed by atoms with Crippen molar-refractivity contribution in [2.75, 3.05) is 6.61 Å². The molecule has 0 heterocycles. The van der Waals surface area contributed by atoms with Crippen LogP contribution in [0.25, 0.3) is 0 Å². The van der Waals surface area contributed by atoms with Crippen molar-refractivity contribution in [3.05, 3.63) is 45.5 Å². The van der Waals surface area contributed by atoms with Crippen molar-refractivity contribution in [2.45, 2.75) is 38.7 Å². The van der Waals surface area contributed by atoms with E-state index in [1.807, 2.05) is 6.92 Å². The number of carboxylic acid groups (broad SMARTS) is 1. The van der Waals surface area contributed by atoms with Crippen molar-refractivity contribution in [3.63, 3.8) is 0 Å². The maximum Gasteiger partial charge on any atom is 0.336 e. The van der Waals surface area contributed by atoms with Crippen molar-refractivity contribution in [1.82, 2.24) is 0 Å². The standard InChI is InChI=1S/C15H19NO7/c1-2-3-4-9-13(23-14(17)10-22-16(20)21)11-7-5-6-8-12(11)15(18)19/h5-8,13H,2-4,9-10H2,1H3,(H,18,19). The molecular formula is C15H19NO7. The predicted octanol–water partition coefficient (Wildman–Crippen LogP) is 2.76. The van der Waals surface area contributed by atoms with E-state index in [0.29, 0.717) is 12.0 Å². The summed E-state index contributed by atoms with van der Waals surface area (Å²) in [6.07, 6.45) is 2.23. The highest BCUT2D eigenvalue weighted by Crippen LogP contribution is 2.27. The fourth-order valence-corrected chi connectivity index (χ4v) is 2.13. The summed E-state index contributed by atoms with van der Waals surface area (Å²) in [5.41, 5.74) is 0.405.